The molecule has 0 bridgehead atoms. The molecule has 0 aliphatic heterocycles. The van der Waals surface area contributed by atoms with E-state index in [0.29, 0.717) is 17.1 Å². The summed E-state index contributed by atoms with van der Waals surface area (Å²) in [6.07, 6.45) is 9.90. The minimum absolute atomic E-state index is 0.246. The topological polar surface area (TPSA) is 64.7 Å². The van der Waals surface area contributed by atoms with Crippen LogP contribution in [0, 0.1) is 12.7 Å². The number of benzene rings is 1. The fraction of sp³-hybridized carbons (Fsp3) is 0.167. The number of aromatic nitrogens is 4. The summed E-state index contributed by atoms with van der Waals surface area (Å²) in [5, 5.41) is 6.75. The van der Waals surface area contributed by atoms with Crippen LogP contribution in [0.1, 0.15) is 17.0 Å². The maximum atomic E-state index is 14.3. The SMILES string of the molecule is Cc1nccn1-c1ccc(CNC(=O)/C=C/c2cnn(C)c2)cc1F. The lowest BCUT2D eigenvalue weighted by molar-refractivity contribution is -0.116. The maximum Gasteiger partial charge on any atom is 0.244 e. The molecule has 0 atom stereocenters. The summed E-state index contributed by atoms with van der Waals surface area (Å²) in [6, 6.07) is 4.87. The second kappa shape index (κ2) is 7.12. The van der Waals surface area contributed by atoms with E-state index in [9.17, 15) is 9.18 Å². The number of hydrogen-bond acceptors (Lipinski definition) is 3. The highest BCUT2D eigenvalue weighted by atomic mass is 19.1. The Morgan fingerprint density at radius 2 is 2.24 bits per heavy atom. The van der Waals surface area contributed by atoms with Crippen LogP contribution in [0.15, 0.2) is 49.1 Å². The highest BCUT2D eigenvalue weighted by Crippen LogP contribution is 2.16. The Morgan fingerprint density at radius 3 is 2.88 bits per heavy atom. The largest absolute Gasteiger partial charge is 0.348 e. The van der Waals surface area contributed by atoms with Crippen molar-refractivity contribution in [1.82, 2.24) is 24.6 Å². The second-order valence-corrected chi connectivity index (χ2v) is 5.63. The molecule has 2 heterocycles. The number of halogens is 1. The van der Waals surface area contributed by atoms with Gasteiger partial charge in [-0.15, -0.1) is 0 Å². The summed E-state index contributed by atoms with van der Waals surface area (Å²) in [5.41, 5.74) is 1.95. The molecular weight excluding hydrogens is 321 g/mol. The zero-order chi connectivity index (χ0) is 17.8. The van der Waals surface area contributed by atoms with Crippen molar-refractivity contribution in [2.75, 3.05) is 0 Å². The molecule has 0 radical (unpaired) electrons. The first kappa shape index (κ1) is 16.6. The third-order valence-electron chi connectivity index (χ3n) is 3.72. The number of amides is 1. The molecule has 128 valence electrons. The Morgan fingerprint density at radius 1 is 1.40 bits per heavy atom. The van der Waals surface area contributed by atoms with E-state index in [0.717, 1.165) is 5.56 Å². The molecule has 25 heavy (non-hydrogen) atoms. The monoisotopic (exact) mass is 339 g/mol. The van der Waals surface area contributed by atoms with Crippen LogP contribution >= 0.6 is 0 Å². The summed E-state index contributed by atoms with van der Waals surface area (Å²) < 4.78 is 17.6. The van der Waals surface area contributed by atoms with E-state index in [2.05, 4.69) is 15.4 Å². The molecule has 3 aromatic rings. The van der Waals surface area contributed by atoms with Crippen LogP contribution in [-0.4, -0.2) is 25.2 Å². The third-order valence-corrected chi connectivity index (χ3v) is 3.72. The van der Waals surface area contributed by atoms with Gasteiger partial charge < -0.3 is 9.88 Å². The van der Waals surface area contributed by atoms with Crippen molar-refractivity contribution in [3.8, 4) is 5.69 Å². The third kappa shape index (κ3) is 4.00. The van der Waals surface area contributed by atoms with Gasteiger partial charge in [0.05, 0.1) is 11.9 Å². The van der Waals surface area contributed by atoms with Gasteiger partial charge in [-0.05, 0) is 30.7 Å². The molecule has 0 unspecified atom stereocenters. The molecule has 0 aliphatic rings. The number of aryl methyl sites for hydroxylation is 2. The Labute approximate surface area is 144 Å². The Kier molecular flexibility index (Phi) is 4.74. The highest BCUT2D eigenvalue weighted by Gasteiger charge is 2.08. The summed E-state index contributed by atoms with van der Waals surface area (Å²) in [5.74, 6) is 0.0954. The van der Waals surface area contributed by atoms with Gasteiger partial charge in [-0.1, -0.05) is 6.07 Å². The van der Waals surface area contributed by atoms with Crippen molar-refractivity contribution in [2.45, 2.75) is 13.5 Å². The van der Waals surface area contributed by atoms with Crippen molar-refractivity contribution in [1.29, 1.82) is 0 Å². The molecule has 6 nitrogen and oxygen atoms in total. The second-order valence-electron chi connectivity index (χ2n) is 5.63. The Bertz CT molecular complexity index is 925. The Balaban J connectivity index is 1.62. The van der Waals surface area contributed by atoms with E-state index < -0.39 is 0 Å². The standard InChI is InChI=1S/C18H18FN5O/c1-13-20-7-8-24(13)17-5-3-14(9-16(17)19)10-21-18(25)6-4-15-11-22-23(2)12-15/h3-9,11-12H,10H2,1-2H3,(H,21,25)/b6-4+. The van der Waals surface area contributed by atoms with Gasteiger partial charge in [0.25, 0.3) is 0 Å². The van der Waals surface area contributed by atoms with Gasteiger partial charge >= 0.3 is 0 Å². The molecule has 0 saturated carbocycles. The van der Waals surface area contributed by atoms with Crippen molar-refractivity contribution in [3.63, 3.8) is 0 Å². The van der Waals surface area contributed by atoms with Gasteiger partial charge in [-0.2, -0.15) is 5.10 Å². The van der Waals surface area contributed by atoms with Crippen molar-refractivity contribution < 1.29 is 9.18 Å². The van der Waals surface area contributed by atoms with Crippen LogP contribution in [0.3, 0.4) is 0 Å². The summed E-state index contributed by atoms with van der Waals surface area (Å²) in [4.78, 5) is 15.9. The lowest BCUT2D eigenvalue weighted by atomic mass is 10.2. The highest BCUT2D eigenvalue weighted by molar-refractivity contribution is 5.91. The van der Waals surface area contributed by atoms with Crippen molar-refractivity contribution in [3.05, 3.63) is 71.8 Å². The number of carbonyl (C=O) groups is 1. The van der Waals surface area contributed by atoms with Gasteiger partial charge in [-0.3, -0.25) is 9.48 Å². The minimum atomic E-state index is -0.362. The van der Waals surface area contributed by atoms with E-state index in [4.69, 9.17) is 0 Å². The molecule has 7 heteroatoms. The average Bonchev–Trinajstić information content (AvgIpc) is 3.19. The van der Waals surface area contributed by atoms with Gasteiger partial charge in [0, 0.05) is 43.8 Å². The van der Waals surface area contributed by atoms with E-state index in [1.807, 2.05) is 6.92 Å². The van der Waals surface area contributed by atoms with Crippen LogP contribution in [0.5, 0.6) is 0 Å². The summed E-state index contributed by atoms with van der Waals surface area (Å²) >= 11 is 0. The summed E-state index contributed by atoms with van der Waals surface area (Å²) in [6.45, 7) is 2.05. The molecule has 0 aliphatic carbocycles. The number of nitrogens with zero attached hydrogens (tertiary/aromatic N) is 4. The van der Waals surface area contributed by atoms with E-state index in [-0.39, 0.29) is 18.3 Å². The lowest BCUT2D eigenvalue weighted by Gasteiger charge is -2.09. The zero-order valence-electron chi connectivity index (χ0n) is 14.0. The van der Waals surface area contributed by atoms with Crippen LogP contribution in [0.4, 0.5) is 4.39 Å². The Hall–Kier alpha value is -3.22. The first-order valence-electron chi connectivity index (χ1n) is 7.76. The number of nitrogens with one attached hydrogen (secondary N) is 1. The molecule has 1 N–H and O–H groups in total. The molecule has 0 saturated heterocycles. The summed E-state index contributed by atoms with van der Waals surface area (Å²) in [7, 11) is 1.81. The van der Waals surface area contributed by atoms with E-state index in [1.165, 1.54) is 12.1 Å². The molecule has 1 amide bonds. The lowest BCUT2D eigenvalue weighted by Crippen LogP contribution is -2.20. The molecule has 1 aromatic carbocycles. The fourth-order valence-electron chi connectivity index (χ4n) is 2.43. The van der Waals surface area contributed by atoms with Gasteiger partial charge in [0.1, 0.15) is 11.6 Å². The predicted octanol–water partition coefficient (Wildman–Crippen LogP) is 2.38. The van der Waals surface area contributed by atoms with Crippen LogP contribution in [-0.2, 0) is 18.4 Å². The predicted molar refractivity (Wildman–Crippen MR) is 92.3 cm³/mol. The maximum absolute atomic E-state index is 14.3. The van der Waals surface area contributed by atoms with Crippen LogP contribution in [0.25, 0.3) is 11.8 Å². The number of hydrogen-bond donors (Lipinski definition) is 1. The minimum Gasteiger partial charge on any atom is -0.348 e. The van der Waals surface area contributed by atoms with Crippen LogP contribution < -0.4 is 5.32 Å². The molecular formula is C18H18FN5O. The van der Waals surface area contributed by atoms with Crippen LogP contribution in [0.2, 0.25) is 0 Å². The fourth-order valence-corrected chi connectivity index (χ4v) is 2.43. The molecule has 2 aromatic heterocycles. The smallest absolute Gasteiger partial charge is 0.244 e. The first-order chi connectivity index (χ1) is 12.0. The van der Waals surface area contributed by atoms with Gasteiger partial charge in [0.2, 0.25) is 5.91 Å². The number of imidazole rings is 1. The van der Waals surface area contributed by atoms with Gasteiger partial charge in [0.15, 0.2) is 0 Å². The van der Waals surface area contributed by atoms with E-state index in [1.54, 1.807) is 59.3 Å². The average molecular weight is 339 g/mol. The van der Waals surface area contributed by atoms with Crippen molar-refractivity contribution in [2.24, 2.45) is 7.05 Å². The van der Waals surface area contributed by atoms with E-state index >= 15 is 0 Å². The number of carbonyl (C=O) groups excluding carboxylic acids is 1. The zero-order valence-corrected chi connectivity index (χ0v) is 14.0. The van der Waals surface area contributed by atoms with Gasteiger partial charge in [-0.25, -0.2) is 9.37 Å². The molecule has 0 spiro atoms. The molecule has 0 fully saturated rings. The first-order valence-corrected chi connectivity index (χ1v) is 7.76. The number of rotatable bonds is 5. The van der Waals surface area contributed by atoms with Crippen molar-refractivity contribution >= 4 is 12.0 Å². The quantitative estimate of drug-likeness (QED) is 0.726. The normalized spacial score (nSPS) is 11.2. The molecule has 3 rings (SSSR count).